The average Bonchev–Trinajstić information content (AvgIpc) is 2.96. The molecule has 3 heterocycles. The molecule has 2 atom stereocenters. The van der Waals surface area contributed by atoms with Gasteiger partial charge in [-0.25, -0.2) is 9.97 Å². The molecule has 2 unspecified atom stereocenters. The van der Waals surface area contributed by atoms with E-state index < -0.39 is 23.6 Å². The van der Waals surface area contributed by atoms with Crippen LogP contribution >= 0.6 is 0 Å². The lowest BCUT2D eigenvalue weighted by molar-refractivity contribution is -0.141. The Balaban J connectivity index is 1.75. The van der Waals surface area contributed by atoms with Crippen LogP contribution in [0.3, 0.4) is 0 Å². The fraction of sp³-hybridized carbons (Fsp3) is 0.667. The van der Waals surface area contributed by atoms with E-state index in [4.69, 9.17) is 9.47 Å². The molecule has 2 aliphatic rings. The summed E-state index contributed by atoms with van der Waals surface area (Å²) in [7, 11) is 3.29. The Bertz CT molecular complexity index is 655. The van der Waals surface area contributed by atoms with Gasteiger partial charge in [0.25, 0.3) is 5.91 Å². The van der Waals surface area contributed by atoms with Crippen molar-refractivity contribution in [2.24, 2.45) is 0 Å². The number of hydrogen-bond donors (Lipinski definition) is 0. The fourth-order valence-electron chi connectivity index (χ4n) is 3.08. The summed E-state index contributed by atoms with van der Waals surface area (Å²) in [6.07, 6.45) is -3.87. The minimum atomic E-state index is -4.53. The van der Waals surface area contributed by atoms with Crippen molar-refractivity contribution in [2.45, 2.75) is 24.3 Å². The second-order valence-corrected chi connectivity index (χ2v) is 6.45. The van der Waals surface area contributed by atoms with Crippen LogP contribution < -0.4 is 4.90 Å². The first kappa shape index (κ1) is 17.9. The van der Waals surface area contributed by atoms with Gasteiger partial charge in [-0.05, 0) is 0 Å². The number of carbonyl (C=O) groups is 1. The van der Waals surface area contributed by atoms with Crippen LogP contribution in [0.25, 0.3) is 0 Å². The lowest BCUT2D eigenvalue weighted by Crippen LogP contribution is -2.53. The van der Waals surface area contributed by atoms with E-state index in [-0.39, 0.29) is 18.3 Å². The third-order valence-electron chi connectivity index (χ3n) is 4.34. The summed E-state index contributed by atoms with van der Waals surface area (Å²) >= 11 is 0. The molecule has 10 heteroatoms. The van der Waals surface area contributed by atoms with Crippen molar-refractivity contribution in [3.05, 3.63) is 18.1 Å². The smallest absolute Gasteiger partial charge is 0.369 e. The Kier molecular flexibility index (Phi) is 4.58. The molecule has 1 amide bonds. The second-order valence-electron chi connectivity index (χ2n) is 6.45. The van der Waals surface area contributed by atoms with Gasteiger partial charge in [0.05, 0.1) is 19.8 Å². The molecule has 2 saturated heterocycles. The summed E-state index contributed by atoms with van der Waals surface area (Å²) in [5, 5.41) is 0. The third kappa shape index (κ3) is 3.69. The second kappa shape index (κ2) is 6.41. The summed E-state index contributed by atoms with van der Waals surface area (Å²) in [5.74, 6) is 0.0337. The van der Waals surface area contributed by atoms with E-state index in [2.05, 4.69) is 9.97 Å². The normalized spacial score (nSPS) is 26.9. The average molecular weight is 360 g/mol. The Morgan fingerprint density at radius 3 is 2.84 bits per heavy atom. The van der Waals surface area contributed by atoms with Crippen molar-refractivity contribution in [3.8, 4) is 0 Å². The van der Waals surface area contributed by atoms with Crippen LogP contribution in [0.4, 0.5) is 19.0 Å². The minimum Gasteiger partial charge on any atom is -0.369 e. The van der Waals surface area contributed by atoms with E-state index in [9.17, 15) is 18.0 Å². The number of amides is 1. The molecule has 138 valence electrons. The van der Waals surface area contributed by atoms with Gasteiger partial charge in [0.1, 0.15) is 29.5 Å². The Labute approximate surface area is 142 Å². The highest BCUT2D eigenvalue weighted by Gasteiger charge is 2.47. The first-order valence-corrected chi connectivity index (χ1v) is 7.81. The van der Waals surface area contributed by atoms with Crippen LogP contribution in [0.2, 0.25) is 0 Å². The molecule has 7 nitrogen and oxygen atoms in total. The van der Waals surface area contributed by atoms with Gasteiger partial charge in [0.15, 0.2) is 0 Å². The highest BCUT2D eigenvalue weighted by molar-refractivity contribution is 5.80. The molecule has 2 fully saturated rings. The molecule has 0 bridgehead atoms. The molecular weight excluding hydrogens is 341 g/mol. The zero-order valence-electron chi connectivity index (χ0n) is 13.9. The van der Waals surface area contributed by atoms with Gasteiger partial charge >= 0.3 is 6.18 Å². The molecule has 0 aliphatic carbocycles. The number of carbonyl (C=O) groups excluding carboxylic acids is 1. The van der Waals surface area contributed by atoms with Crippen LogP contribution in [0.1, 0.15) is 12.1 Å². The predicted octanol–water partition coefficient (Wildman–Crippen LogP) is 0.948. The SMILES string of the molecule is CN(C)C(=O)C1CC2(CO1)CN(c1cc(C(F)(F)F)ncn1)CCO2. The van der Waals surface area contributed by atoms with Gasteiger partial charge in [-0.15, -0.1) is 0 Å². The number of alkyl halides is 3. The number of hydrogen-bond acceptors (Lipinski definition) is 6. The number of rotatable bonds is 2. The van der Waals surface area contributed by atoms with Crippen LogP contribution in [0.15, 0.2) is 12.4 Å². The lowest BCUT2D eigenvalue weighted by atomic mass is 9.97. The molecule has 0 N–H and O–H groups in total. The fourth-order valence-corrected chi connectivity index (χ4v) is 3.08. The zero-order valence-corrected chi connectivity index (χ0v) is 13.9. The van der Waals surface area contributed by atoms with E-state index in [1.165, 1.54) is 4.90 Å². The van der Waals surface area contributed by atoms with Gasteiger partial charge in [0.2, 0.25) is 0 Å². The summed E-state index contributed by atoms with van der Waals surface area (Å²) < 4.78 is 50.0. The molecule has 3 rings (SSSR count). The lowest BCUT2D eigenvalue weighted by Gasteiger charge is -2.40. The van der Waals surface area contributed by atoms with E-state index in [0.717, 1.165) is 12.4 Å². The van der Waals surface area contributed by atoms with Crippen molar-refractivity contribution in [1.29, 1.82) is 0 Å². The van der Waals surface area contributed by atoms with Crippen molar-refractivity contribution in [2.75, 3.05) is 45.3 Å². The van der Waals surface area contributed by atoms with Gasteiger partial charge in [-0.1, -0.05) is 0 Å². The summed E-state index contributed by atoms with van der Waals surface area (Å²) in [6.45, 7) is 1.24. The van der Waals surface area contributed by atoms with E-state index in [1.807, 2.05) is 0 Å². The Morgan fingerprint density at radius 2 is 2.16 bits per heavy atom. The van der Waals surface area contributed by atoms with Crippen molar-refractivity contribution < 1.29 is 27.4 Å². The predicted molar refractivity (Wildman–Crippen MR) is 81.0 cm³/mol. The van der Waals surface area contributed by atoms with Gasteiger partial charge in [-0.3, -0.25) is 4.79 Å². The molecule has 1 aromatic heterocycles. The Morgan fingerprint density at radius 1 is 1.40 bits per heavy atom. The maximum atomic E-state index is 12.8. The number of nitrogens with zero attached hydrogens (tertiary/aromatic N) is 4. The minimum absolute atomic E-state index is 0.154. The molecule has 0 saturated carbocycles. The van der Waals surface area contributed by atoms with Crippen molar-refractivity contribution in [1.82, 2.24) is 14.9 Å². The third-order valence-corrected chi connectivity index (χ3v) is 4.34. The first-order valence-electron chi connectivity index (χ1n) is 7.81. The number of likely N-dealkylation sites (N-methyl/N-ethyl adjacent to an activating group) is 1. The number of anilines is 1. The highest BCUT2D eigenvalue weighted by Crippen LogP contribution is 2.34. The molecule has 0 aromatic carbocycles. The van der Waals surface area contributed by atoms with E-state index in [1.54, 1.807) is 19.0 Å². The van der Waals surface area contributed by atoms with Crippen LogP contribution in [0.5, 0.6) is 0 Å². The van der Waals surface area contributed by atoms with Crippen LogP contribution in [-0.2, 0) is 20.4 Å². The summed E-state index contributed by atoms with van der Waals surface area (Å²) in [5.41, 5.74) is -1.71. The van der Waals surface area contributed by atoms with Crippen molar-refractivity contribution >= 4 is 11.7 Å². The van der Waals surface area contributed by atoms with Crippen molar-refractivity contribution in [3.63, 3.8) is 0 Å². The molecular formula is C15H19F3N4O3. The molecule has 2 aliphatic heterocycles. The Hall–Kier alpha value is -1.94. The maximum Gasteiger partial charge on any atom is 0.433 e. The number of morpholine rings is 1. The molecule has 1 spiro atoms. The van der Waals surface area contributed by atoms with Gasteiger partial charge < -0.3 is 19.3 Å². The molecule has 0 radical (unpaired) electrons. The largest absolute Gasteiger partial charge is 0.433 e. The summed E-state index contributed by atoms with van der Waals surface area (Å²) in [6, 6.07) is 0.928. The monoisotopic (exact) mass is 360 g/mol. The zero-order chi connectivity index (χ0) is 18.2. The van der Waals surface area contributed by atoms with E-state index >= 15 is 0 Å². The highest BCUT2D eigenvalue weighted by atomic mass is 19.4. The maximum absolute atomic E-state index is 12.8. The molecule has 25 heavy (non-hydrogen) atoms. The van der Waals surface area contributed by atoms with Crippen LogP contribution in [0, 0.1) is 0 Å². The van der Waals surface area contributed by atoms with E-state index in [0.29, 0.717) is 26.1 Å². The number of ether oxygens (including phenoxy) is 2. The summed E-state index contributed by atoms with van der Waals surface area (Å²) in [4.78, 5) is 22.5. The van der Waals surface area contributed by atoms with Gasteiger partial charge in [0, 0.05) is 33.1 Å². The van der Waals surface area contributed by atoms with Gasteiger partial charge in [-0.2, -0.15) is 13.2 Å². The first-order chi connectivity index (χ1) is 11.7. The molecule has 1 aromatic rings. The number of halogens is 3. The quantitative estimate of drug-likeness (QED) is 0.782. The van der Waals surface area contributed by atoms with Crippen LogP contribution in [-0.4, -0.2) is 72.9 Å². The topological polar surface area (TPSA) is 67.8 Å². The number of aromatic nitrogens is 2. The standard InChI is InChI=1S/C15H19F3N4O3/c1-21(2)13(23)10-6-14(8-24-10)7-22(3-4-25-14)12-5-11(15(16,17)18)19-9-20-12/h5,9-10H,3-4,6-8H2,1-2H3.